The van der Waals surface area contributed by atoms with Crippen molar-refractivity contribution < 1.29 is 23.8 Å². The molecule has 1 aromatic carbocycles. The number of benzene rings is 1. The molecule has 0 saturated carbocycles. The number of hydrogen-bond donors (Lipinski definition) is 2. The van der Waals surface area contributed by atoms with Crippen LogP contribution in [-0.2, 0) is 25.6 Å². The van der Waals surface area contributed by atoms with E-state index in [1.807, 2.05) is 30.3 Å². The first-order chi connectivity index (χ1) is 10.4. The Labute approximate surface area is 128 Å². The number of rotatable bonds is 5. The van der Waals surface area contributed by atoms with Crippen molar-refractivity contribution >= 4 is 12.0 Å². The van der Waals surface area contributed by atoms with Crippen LogP contribution < -0.4 is 11.1 Å². The van der Waals surface area contributed by atoms with E-state index in [4.69, 9.17) is 19.9 Å². The normalized spacial score (nSPS) is 21.1. The van der Waals surface area contributed by atoms with Crippen molar-refractivity contribution in [1.29, 1.82) is 0 Å². The Hall–Kier alpha value is -2.12. The first-order valence-electron chi connectivity index (χ1n) is 6.96. The van der Waals surface area contributed by atoms with Crippen molar-refractivity contribution in [3.8, 4) is 0 Å². The highest BCUT2D eigenvalue weighted by atomic mass is 16.7. The highest BCUT2D eigenvalue weighted by Gasteiger charge is 2.40. The maximum Gasteiger partial charge on any atom is 0.408 e. The molecule has 1 fully saturated rings. The third kappa shape index (κ3) is 4.44. The lowest BCUT2D eigenvalue weighted by Gasteiger charge is -2.22. The maximum absolute atomic E-state index is 11.8. The largest absolute Gasteiger partial charge is 0.445 e. The van der Waals surface area contributed by atoms with E-state index in [-0.39, 0.29) is 13.2 Å². The van der Waals surface area contributed by atoms with E-state index < -0.39 is 29.9 Å². The van der Waals surface area contributed by atoms with Crippen LogP contribution in [0.3, 0.4) is 0 Å². The Morgan fingerprint density at radius 2 is 2.09 bits per heavy atom. The summed E-state index contributed by atoms with van der Waals surface area (Å²) in [6.07, 6.45) is -1.38. The van der Waals surface area contributed by atoms with Crippen LogP contribution in [0.4, 0.5) is 4.79 Å². The minimum atomic E-state index is -1.01. The molecule has 2 amide bonds. The van der Waals surface area contributed by atoms with Crippen molar-refractivity contribution in [2.75, 3.05) is 6.61 Å². The van der Waals surface area contributed by atoms with Crippen LogP contribution in [0.5, 0.6) is 0 Å². The third-order valence-corrected chi connectivity index (χ3v) is 3.19. The third-order valence-electron chi connectivity index (χ3n) is 3.19. The predicted molar refractivity (Wildman–Crippen MR) is 77.6 cm³/mol. The zero-order valence-electron chi connectivity index (χ0n) is 12.6. The Balaban J connectivity index is 1.88. The van der Waals surface area contributed by atoms with Crippen LogP contribution in [0.2, 0.25) is 0 Å². The molecule has 3 N–H and O–H groups in total. The van der Waals surface area contributed by atoms with Crippen molar-refractivity contribution in [2.24, 2.45) is 5.73 Å². The first kappa shape index (κ1) is 16.3. The van der Waals surface area contributed by atoms with Gasteiger partial charge < -0.3 is 25.3 Å². The van der Waals surface area contributed by atoms with Gasteiger partial charge in [-0.2, -0.15) is 0 Å². The molecule has 0 bridgehead atoms. The number of hydrogen-bond acceptors (Lipinski definition) is 5. The first-order valence-corrected chi connectivity index (χ1v) is 6.96. The van der Waals surface area contributed by atoms with Crippen molar-refractivity contribution in [3.05, 3.63) is 35.9 Å². The van der Waals surface area contributed by atoms with E-state index in [2.05, 4.69) is 5.32 Å². The second kappa shape index (κ2) is 6.76. The molecule has 2 atom stereocenters. The molecule has 7 nitrogen and oxygen atoms in total. The number of ether oxygens (including phenoxy) is 3. The molecular formula is C15H20N2O5. The quantitative estimate of drug-likeness (QED) is 0.842. The van der Waals surface area contributed by atoms with Gasteiger partial charge in [0.2, 0.25) is 5.91 Å². The standard InChI is InChI=1S/C15H20N2O5/c1-15(2)21-9-11(22-15)12(13(16)18)17-14(19)20-8-10-6-4-3-5-7-10/h3-7,11-12H,8-9H2,1-2H3,(H2,16,18)(H,17,19)/t11-,12-/m0/s1. The molecule has 2 rings (SSSR count). The monoisotopic (exact) mass is 308 g/mol. The molecular weight excluding hydrogens is 288 g/mol. The number of carbonyl (C=O) groups is 2. The SMILES string of the molecule is CC1(C)OC[C@@H]([C@H](NC(=O)OCc2ccccc2)C(N)=O)O1. The van der Waals surface area contributed by atoms with E-state index in [1.165, 1.54) is 0 Å². The Morgan fingerprint density at radius 1 is 1.41 bits per heavy atom. The lowest BCUT2D eigenvalue weighted by Crippen LogP contribution is -2.53. The number of amides is 2. The van der Waals surface area contributed by atoms with Crippen LogP contribution in [0.15, 0.2) is 30.3 Å². The molecule has 1 aromatic rings. The summed E-state index contributed by atoms with van der Waals surface area (Å²) in [5, 5.41) is 2.43. The smallest absolute Gasteiger partial charge is 0.408 e. The maximum atomic E-state index is 11.8. The zero-order chi connectivity index (χ0) is 16.2. The van der Waals surface area contributed by atoms with Crippen molar-refractivity contribution in [2.45, 2.75) is 38.4 Å². The molecule has 120 valence electrons. The fourth-order valence-corrected chi connectivity index (χ4v) is 2.12. The van der Waals surface area contributed by atoms with Crippen molar-refractivity contribution in [1.82, 2.24) is 5.32 Å². The molecule has 0 spiro atoms. The molecule has 0 aromatic heterocycles. The number of primary amides is 1. The summed E-state index contributed by atoms with van der Waals surface area (Å²) in [4.78, 5) is 23.3. The van der Waals surface area contributed by atoms with Crippen LogP contribution in [0, 0.1) is 0 Å². The molecule has 0 radical (unpaired) electrons. The second-order valence-electron chi connectivity index (χ2n) is 5.45. The van der Waals surface area contributed by atoms with E-state index in [1.54, 1.807) is 13.8 Å². The molecule has 1 aliphatic heterocycles. The molecule has 22 heavy (non-hydrogen) atoms. The summed E-state index contributed by atoms with van der Waals surface area (Å²) in [5.41, 5.74) is 6.16. The van der Waals surface area contributed by atoms with E-state index in [9.17, 15) is 9.59 Å². The minimum Gasteiger partial charge on any atom is -0.445 e. The van der Waals surface area contributed by atoms with Crippen LogP contribution >= 0.6 is 0 Å². The van der Waals surface area contributed by atoms with Crippen LogP contribution in [0.1, 0.15) is 19.4 Å². The molecule has 0 aliphatic carbocycles. The number of nitrogens with one attached hydrogen (secondary N) is 1. The van der Waals surface area contributed by atoms with Gasteiger partial charge in [0.05, 0.1) is 6.61 Å². The van der Waals surface area contributed by atoms with E-state index >= 15 is 0 Å². The van der Waals surface area contributed by atoms with Gasteiger partial charge in [-0.15, -0.1) is 0 Å². The highest BCUT2D eigenvalue weighted by Crippen LogP contribution is 2.24. The van der Waals surface area contributed by atoms with Gasteiger partial charge in [0.15, 0.2) is 5.79 Å². The second-order valence-corrected chi connectivity index (χ2v) is 5.45. The highest BCUT2D eigenvalue weighted by molar-refractivity contribution is 5.84. The summed E-state index contributed by atoms with van der Waals surface area (Å²) >= 11 is 0. The van der Waals surface area contributed by atoms with Gasteiger partial charge in [0, 0.05) is 0 Å². The average Bonchev–Trinajstić information content (AvgIpc) is 2.83. The fraction of sp³-hybridized carbons (Fsp3) is 0.467. The van der Waals surface area contributed by atoms with Gasteiger partial charge in [0.25, 0.3) is 0 Å². The van der Waals surface area contributed by atoms with E-state index in [0.29, 0.717) is 0 Å². The van der Waals surface area contributed by atoms with Gasteiger partial charge in [-0.1, -0.05) is 30.3 Å². The fourth-order valence-electron chi connectivity index (χ4n) is 2.12. The van der Waals surface area contributed by atoms with Gasteiger partial charge >= 0.3 is 6.09 Å². The van der Waals surface area contributed by atoms with Crippen LogP contribution in [-0.4, -0.2) is 36.5 Å². The van der Waals surface area contributed by atoms with Gasteiger partial charge in [-0.05, 0) is 19.4 Å². The van der Waals surface area contributed by atoms with Crippen LogP contribution in [0.25, 0.3) is 0 Å². The van der Waals surface area contributed by atoms with Gasteiger partial charge in [0.1, 0.15) is 18.8 Å². The Morgan fingerprint density at radius 3 is 2.64 bits per heavy atom. The molecule has 1 heterocycles. The zero-order valence-corrected chi connectivity index (χ0v) is 12.6. The number of alkyl carbamates (subject to hydrolysis) is 1. The van der Waals surface area contributed by atoms with Gasteiger partial charge in [-0.25, -0.2) is 4.79 Å². The average molecular weight is 308 g/mol. The number of carbonyl (C=O) groups excluding carboxylic acids is 2. The molecule has 1 saturated heterocycles. The molecule has 1 aliphatic rings. The summed E-state index contributed by atoms with van der Waals surface area (Å²) in [7, 11) is 0. The minimum absolute atomic E-state index is 0.103. The van der Waals surface area contributed by atoms with E-state index in [0.717, 1.165) is 5.56 Å². The topological polar surface area (TPSA) is 99.9 Å². The Kier molecular flexibility index (Phi) is 4.99. The number of nitrogens with two attached hydrogens (primary N) is 1. The van der Waals surface area contributed by atoms with Crippen molar-refractivity contribution in [3.63, 3.8) is 0 Å². The summed E-state index contributed by atoms with van der Waals surface area (Å²) in [6.45, 7) is 3.71. The predicted octanol–water partition coefficient (Wildman–Crippen LogP) is 0.918. The lowest BCUT2D eigenvalue weighted by molar-refractivity contribution is -0.145. The molecule has 7 heteroatoms. The molecule has 0 unspecified atom stereocenters. The van der Waals surface area contributed by atoms with Gasteiger partial charge in [-0.3, -0.25) is 4.79 Å². The Bertz CT molecular complexity index is 532. The lowest BCUT2D eigenvalue weighted by atomic mass is 10.1. The summed E-state index contributed by atoms with van der Waals surface area (Å²) in [5.74, 6) is -1.52. The summed E-state index contributed by atoms with van der Waals surface area (Å²) in [6, 6.07) is 8.20. The summed E-state index contributed by atoms with van der Waals surface area (Å²) < 4.78 is 16.0.